The molecule has 1 aliphatic heterocycles. The van der Waals surface area contributed by atoms with Crippen molar-refractivity contribution in [1.29, 1.82) is 0 Å². The van der Waals surface area contributed by atoms with E-state index in [4.69, 9.17) is 0 Å². The minimum absolute atomic E-state index is 0.0312. The third kappa shape index (κ3) is 4.83. The van der Waals surface area contributed by atoms with Gasteiger partial charge in [-0.3, -0.25) is 9.59 Å². The van der Waals surface area contributed by atoms with Gasteiger partial charge < -0.3 is 9.80 Å². The lowest BCUT2D eigenvalue weighted by molar-refractivity contribution is -0.132. The fraction of sp³-hybridized carbons (Fsp3) is 0.529. The van der Waals surface area contributed by atoms with E-state index in [2.05, 4.69) is 0 Å². The van der Waals surface area contributed by atoms with E-state index in [1.165, 1.54) is 19.1 Å². The number of carbonyl (C=O) groups excluding carboxylic acids is 2. The topological polar surface area (TPSA) is 40.6 Å². The molecule has 4 nitrogen and oxygen atoms in total. The molecular formula is C17H23FN2O2. The summed E-state index contributed by atoms with van der Waals surface area (Å²) in [6, 6.07) is 6.29. The monoisotopic (exact) mass is 306 g/mol. The fourth-order valence-corrected chi connectivity index (χ4v) is 2.70. The Bertz CT molecular complexity index is 510. The molecule has 0 atom stereocenters. The lowest BCUT2D eigenvalue weighted by Crippen LogP contribution is -2.36. The fourth-order valence-electron chi connectivity index (χ4n) is 2.70. The maximum atomic E-state index is 12.9. The highest BCUT2D eigenvalue weighted by atomic mass is 19.1. The minimum Gasteiger partial charge on any atom is -0.343 e. The summed E-state index contributed by atoms with van der Waals surface area (Å²) >= 11 is 0. The van der Waals surface area contributed by atoms with Gasteiger partial charge in [-0.15, -0.1) is 0 Å². The van der Waals surface area contributed by atoms with Crippen molar-refractivity contribution in [3.63, 3.8) is 0 Å². The van der Waals surface area contributed by atoms with Crippen LogP contribution >= 0.6 is 0 Å². The number of hydrogen-bond donors (Lipinski definition) is 0. The van der Waals surface area contributed by atoms with Gasteiger partial charge in [-0.05, 0) is 37.0 Å². The number of likely N-dealkylation sites (tertiary alicyclic amines) is 1. The molecular weight excluding hydrogens is 283 g/mol. The normalized spacial score (nSPS) is 14.2. The van der Waals surface area contributed by atoms with Crippen molar-refractivity contribution in [2.45, 2.75) is 32.6 Å². The lowest BCUT2D eigenvalue weighted by atomic mass is 10.1. The Morgan fingerprint density at radius 3 is 2.36 bits per heavy atom. The zero-order chi connectivity index (χ0) is 15.9. The maximum absolute atomic E-state index is 12.9. The van der Waals surface area contributed by atoms with Crippen molar-refractivity contribution >= 4 is 11.8 Å². The average molecular weight is 306 g/mol. The van der Waals surface area contributed by atoms with Crippen LogP contribution in [0.5, 0.6) is 0 Å². The zero-order valence-corrected chi connectivity index (χ0v) is 13.1. The minimum atomic E-state index is -0.261. The molecule has 1 saturated heterocycles. The SMILES string of the molecule is CC(=O)N(CCC(=O)N1CCCC1)CCc1ccc(F)cc1. The first-order valence-electron chi connectivity index (χ1n) is 7.84. The van der Waals surface area contributed by atoms with Crippen LogP contribution in [0.4, 0.5) is 4.39 Å². The molecule has 0 spiro atoms. The Hall–Kier alpha value is -1.91. The molecule has 2 amide bonds. The number of halogens is 1. The van der Waals surface area contributed by atoms with Gasteiger partial charge in [0.25, 0.3) is 0 Å². The molecule has 0 saturated carbocycles. The summed E-state index contributed by atoms with van der Waals surface area (Å²) in [4.78, 5) is 27.3. The molecule has 22 heavy (non-hydrogen) atoms. The van der Waals surface area contributed by atoms with Crippen LogP contribution in [0.15, 0.2) is 24.3 Å². The van der Waals surface area contributed by atoms with E-state index >= 15 is 0 Å². The third-order valence-electron chi connectivity index (χ3n) is 4.08. The van der Waals surface area contributed by atoms with Crippen molar-refractivity contribution < 1.29 is 14.0 Å². The molecule has 0 bridgehead atoms. The number of nitrogens with zero attached hydrogens (tertiary/aromatic N) is 2. The molecule has 2 rings (SSSR count). The molecule has 1 fully saturated rings. The summed E-state index contributed by atoms with van der Waals surface area (Å²) in [6.45, 7) is 4.20. The van der Waals surface area contributed by atoms with E-state index < -0.39 is 0 Å². The van der Waals surface area contributed by atoms with Crippen molar-refractivity contribution in [1.82, 2.24) is 9.80 Å². The molecule has 0 radical (unpaired) electrons. The highest BCUT2D eigenvalue weighted by molar-refractivity contribution is 5.78. The van der Waals surface area contributed by atoms with Gasteiger partial charge in [-0.25, -0.2) is 4.39 Å². The highest BCUT2D eigenvalue weighted by Gasteiger charge is 2.19. The summed E-state index contributed by atoms with van der Waals surface area (Å²) in [5, 5.41) is 0. The number of carbonyl (C=O) groups is 2. The molecule has 0 aromatic heterocycles. The summed E-state index contributed by atoms with van der Waals surface area (Å²) in [7, 11) is 0. The van der Waals surface area contributed by atoms with Crippen LogP contribution in [0.2, 0.25) is 0 Å². The van der Waals surface area contributed by atoms with Gasteiger partial charge in [0, 0.05) is 39.5 Å². The van der Waals surface area contributed by atoms with Crippen molar-refractivity contribution in [2.24, 2.45) is 0 Å². The average Bonchev–Trinajstić information content (AvgIpc) is 3.02. The van der Waals surface area contributed by atoms with E-state index in [-0.39, 0.29) is 17.6 Å². The third-order valence-corrected chi connectivity index (χ3v) is 4.08. The number of benzene rings is 1. The first-order valence-corrected chi connectivity index (χ1v) is 7.84. The maximum Gasteiger partial charge on any atom is 0.224 e. The van der Waals surface area contributed by atoms with Gasteiger partial charge >= 0.3 is 0 Å². The Balaban J connectivity index is 1.80. The smallest absolute Gasteiger partial charge is 0.224 e. The van der Waals surface area contributed by atoms with Crippen molar-refractivity contribution in [3.05, 3.63) is 35.6 Å². The molecule has 0 N–H and O–H groups in total. The van der Waals surface area contributed by atoms with Crippen LogP contribution in [-0.2, 0) is 16.0 Å². The van der Waals surface area contributed by atoms with Crippen LogP contribution in [0, 0.1) is 5.82 Å². The van der Waals surface area contributed by atoms with Gasteiger partial charge in [0.1, 0.15) is 5.82 Å². The van der Waals surface area contributed by atoms with Crippen molar-refractivity contribution in [3.8, 4) is 0 Å². The second-order valence-corrected chi connectivity index (χ2v) is 5.72. The van der Waals surface area contributed by atoms with Crippen molar-refractivity contribution in [2.75, 3.05) is 26.2 Å². The van der Waals surface area contributed by atoms with Gasteiger partial charge in [0.05, 0.1) is 0 Å². The number of amides is 2. The molecule has 120 valence electrons. The summed E-state index contributed by atoms with van der Waals surface area (Å²) in [5.41, 5.74) is 0.985. The zero-order valence-electron chi connectivity index (χ0n) is 13.1. The predicted molar refractivity (Wildman–Crippen MR) is 82.8 cm³/mol. The van der Waals surface area contributed by atoms with E-state index in [9.17, 15) is 14.0 Å². The quantitative estimate of drug-likeness (QED) is 0.808. The molecule has 1 aromatic rings. The van der Waals surface area contributed by atoms with Crippen LogP contribution in [-0.4, -0.2) is 47.8 Å². The molecule has 5 heteroatoms. The second-order valence-electron chi connectivity index (χ2n) is 5.72. The molecule has 1 aliphatic rings. The van der Waals surface area contributed by atoms with E-state index in [1.807, 2.05) is 4.90 Å². The van der Waals surface area contributed by atoms with Crippen LogP contribution in [0.3, 0.4) is 0 Å². The molecule has 0 unspecified atom stereocenters. The number of rotatable bonds is 6. The highest BCUT2D eigenvalue weighted by Crippen LogP contribution is 2.10. The molecule has 0 aliphatic carbocycles. The predicted octanol–water partition coefficient (Wildman–Crippen LogP) is 2.23. The molecule has 1 aromatic carbocycles. The summed E-state index contributed by atoms with van der Waals surface area (Å²) < 4.78 is 12.9. The second kappa shape index (κ2) is 7.92. The Morgan fingerprint density at radius 1 is 1.14 bits per heavy atom. The van der Waals surface area contributed by atoms with Crippen LogP contribution in [0.1, 0.15) is 31.7 Å². The Morgan fingerprint density at radius 2 is 1.77 bits per heavy atom. The van der Waals surface area contributed by atoms with E-state index in [0.29, 0.717) is 25.9 Å². The largest absolute Gasteiger partial charge is 0.343 e. The van der Waals surface area contributed by atoms with Gasteiger partial charge in [0.15, 0.2) is 0 Å². The van der Waals surface area contributed by atoms with Crippen LogP contribution < -0.4 is 0 Å². The molecule has 1 heterocycles. The summed E-state index contributed by atoms with van der Waals surface area (Å²) in [6.07, 6.45) is 3.19. The van der Waals surface area contributed by atoms with Crippen LogP contribution in [0.25, 0.3) is 0 Å². The van der Waals surface area contributed by atoms with E-state index in [1.54, 1.807) is 17.0 Å². The Kier molecular flexibility index (Phi) is 5.92. The first-order chi connectivity index (χ1) is 10.6. The van der Waals surface area contributed by atoms with Gasteiger partial charge in [-0.1, -0.05) is 12.1 Å². The lowest BCUT2D eigenvalue weighted by Gasteiger charge is -2.22. The standard InChI is InChI=1S/C17H23FN2O2/c1-14(21)19(12-8-15-4-6-16(18)7-5-15)13-9-17(22)20-10-2-3-11-20/h4-7H,2-3,8-13H2,1H3. The summed E-state index contributed by atoms with van der Waals surface area (Å²) in [5.74, 6) is -0.162. The van der Waals surface area contributed by atoms with Gasteiger partial charge in [0.2, 0.25) is 11.8 Å². The Labute approximate surface area is 130 Å². The number of hydrogen-bond acceptors (Lipinski definition) is 2. The van der Waals surface area contributed by atoms with E-state index in [0.717, 1.165) is 31.5 Å². The first kappa shape index (κ1) is 16.5. The van der Waals surface area contributed by atoms with Gasteiger partial charge in [-0.2, -0.15) is 0 Å².